The molecule has 1 rings (SSSR count). The first-order valence-corrected chi connectivity index (χ1v) is 4.76. The third kappa shape index (κ3) is 3.59. The fourth-order valence-corrected chi connectivity index (χ4v) is 1.35. The third-order valence-corrected chi connectivity index (χ3v) is 2.13. The van der Waals surface area contributed by atoms with E-state index in [1.165, 1.54) is 0 Å². The largest absolute Gasteiger partial charge is 0.464 e. The molecular weight excluding hydrogens is 198 g/mol. The van der Waals surface area contributed by atoms with Gasteiger partial charge in [0.25, 0.3) is 6.47 Å². The molecule has 0 saturated heterocycles. The van der Waals surface area contributed by atoms with Crippen LogP contribution in [0.1, 0.15) is 18.4 Å². The van der Waals surface area contributed by atoms with Crippen molar-refractivity contribution in [3.8, 4) is 0 Å². The standard InChI is InChI=1S/C9H15N3O3/c10-9-7(5-11-12-9)4-8(15-6-14)2-1-3-13/h5-6,8,13H,1-4H2,(H3,10,11,12). The number of aromatic nitrogens is 2. The van der Waals surface area contributed by atoms with Crippen molar-refractivity contribution in [2.24, 2.45) is 0 Å². The molecule has 0 amide bonds. The molecule has 6 heteroatoms. The number of ether oxygens (including phenoxy) is 1. The van der Waals surface area contributed by atoms with Crippen LogP contribution in [0.3, 0.4) is 0 Å². The first-order chi connectivity index (χ1) is 7.27. The number of anilines is 1. The highest BCUT2D eigenvalue weighted by Crippen LogP contribution is 2.13. The summed E-state index contributed by atoms with van der Waals surface area (Å²) in [6.45, 7) is 0.498. The highest BCUT2D eigenvalue weighted by atomic mass is 16.5. The Labute approximate surface area is 87.4 Å². The fourth-order valence-electron chi connectivity index (χ4n) is 1.35. The molecule has 0 aromatic carbocycles. The summed E-state index contributed by atoms with van der Waals surface area (Å²) in [4.78, 5) is 10.3. The van der Waals surface area contributed by atoms with E-state index < -0.39 is 0 Å². The summed E-state index contributed by atoms with van der Waals surface area (Å²) in [5.74, 6) is 0.415. The normalized spacial score (nSPS) is 12.3. The van der Waals surface area contributed by atoms with Crippen LogP contribution in [0, 0.1) is 0 Å². The van der Waals surface area contributed by atoms with Crippen molar-refractivity contribution in [3.05, 3.63) is 11.8 Å². The van der Waals surface area contributed by atoms with Gasteiger partial charge in [0.1, 0.15) is 11.9 Å². The van der Waals surface area contributed by atoms with E-state index in [4.69, 9.17) is 15.6 Å². The van der Waals surface area contributed by atoms with Gasteiger partial charge in [-0.25, -0.2) is 0 Å². The highest BCUT2D eigenvalue weighted by Gasteiger charge is 2.13. The number of nitrogens with zero attached hydrogens (tertiary/aromatic N) is 1. The van der Waals surface area contributed by atoms with E-state index in [9.17, 15) is 4.79 Å². The summed E-state index contributed by atoms with van der Waals surface area (Å²) in [7, 11) is 0. The Hall–Kier alpha value is -1.56. The molecule has 1 aromatic heterocycles. The number of hydrogen-bond donors (Lipinski definition) is 3. The number of hydrogen-bond acceptors (Lipinski definition) is 5. The van der Waals surface area contributed by atoms with Crippen molar-refractivity contribution in [2.45, 2.75) is 25.4 Å². The van der Waals surface area contributed by atoms with Crippen LogP contribution in [-0.4, -0.2) is 34.5 Å². The quantitative estimate of drug-likeness (QED) is 0.547. The van der Waals surface area contributed by atoms with Crippen LogP contribution >= 0.6 is 0 Å². The Bertz CT molecular complexity index is 301. The third-order valence-electron chi connectivity index (χ3n) is 2.13. The number of carbonyl (C=O) groups is 1. The van der Waals surface area contributed by atoms with E-state index in [0.29, 0.717) is 31.6 Å². The molecule has 84 valence electrons. The van der Waals surface area contributed by atoms with E-state index in [1.54, 1.807) is 6.20 Å². The van der Waals surface area contributed by atoms with E-state index in [0.717, 1.165) is 5.56 Å². The summed E-state index contributed by atoms with van der Waals surface area (Å²) >= 11 is 0. The molecule has 1 heterocycles. The number of carbonyl (C=O) groups excluding carboxylic acids is 1. The summed E-state index contributed by atoms with van der Waals surface area (Å²) in [5, 5.41) is 15.1. The zero-order valence-electron chi connectivity index (χ0n) is 8.35. The van der Waals surface area contributed by atoms with E-state index >= 15 is 0 Å². The van der Waals surface area contributed by atoms with Crippen molar-refractivity contribution in [3.63, 3.8) is 0 Å². The number of aliphatic hydroxyl groups is 1. The molecule has 1 unspecified atom stereocenters. The van der Waals surface area contributed by atoms with Gasteiger partial charge in [0.05, 0.1) is 0 Å². The predicted molar refractivity (Wildman–Crippen MR) is 54.0 cm³/mol. The Balaban J connectivity index is 2.50. The van der Waals surface area contributed by atoms with Crippen molar-refractivity contribution >= 4 is 12.3 Å². The number of aromatic amines is 1. The van der Waals surface area contributed by atoms with E-state index in [-0.39, 0.29) is 12.7 Å². The van der Waals surface area contributed by atoms with E-state index in [1.807, 2.05) is 0 Å². The van der Waals surface area contributed by atoms with Crippen molar-refractivity contribution in [2.75, 3.05) is 12.3 Å². The van der Waals surface area contributed by atoms with Crippen LogP contribution in [-0.2, 0) is 16.0 Å². The van der Waals surface area contributed by atoms with Gasteiger partial charge in [-0.15, -0.1) is 0 Å². The smallest absolute Gasteiger partial charge is 0.293 e. The van der Waals surface area contributed by atoms with Crippen LogP contribution < -0.4 is 5.73 Å². The van der Waals surface area contributed by atoms with Gasteiger partial charge in [-0.3, -0.25) is 9.89 Å². The molecule has 4 N–H and O–H groups in total. The zero-order chi connectivity index (χ0) is 11.1. The maximum atomic E-state index is 10.3. The lowest BCUT2D eigenvalue weighted by Crippen LogP contribution is -2.16. The number of nitrogen functional groups attached to an aromatic ring is 1. The zero-order valence-corrected chi connectivity index (χ0v) is 8.35. The minimum Gasteiger partial charge on any atom is -0.464 e. The minimum absolute atomic E-state index is 0.0829. The van der Waals surface area contributed by atoms with Gasteiger partial charge >= 0.3 is 0 Å². The summed E-state index contributed by atoms with van der Waals surface area (Å²) in [6.07, 6.45) is 3.14. The molecule has 0 radical (unpaired) electrons. The summed E-state index contributed by atoms with van der Waals surface area (Å²) in [6, 6.07) is 0. The predicted octanol–water partition coefficient (Wildman–Crippen LogP) is -0.152. The Morgan fingerprint density at radius 1 is 1.73 bits per heavy atom. The molecule has 0 aliphatic heterocycles. The maximum Gasteiger partial charge on any atom is 0.293 e. The second kappa shape index (κ2) is 6.02. The molecule has 0 aliphatic carbocycles. The number of aliphatic hydroxyl groups excluding tert-OH is 1. The second-order valence-electron chi connectivity index (χ2n) is 3.22. The molecule has 0 saturated carbocycles. The lowest BCUT2D eigenvalue weighted by atomic mass is 10.1. The first-order valence-electron chi connectivity index (χ1n) is 4.76. The molecule has 0 bridgehead atoms. The lowest BCUT2D eigenvalue weighted by Gasteiger charge is -2.13. The van der Waals surface area contributed by atoms with Gasteiger partial charge in [-0.05, 0) is 12.8 Å². The Kier molecular flexibility index (Phi) is 4.62. The van der Waals surface area contributed by atoms with Gasteiger partial charge in [-0.1, -0.05) is 0 Å². The van der Waals surface area contributed by atoms with Crippen LogP contribution in [0.5, 0.6) is 0 Å². The number of nitrogens with two attached hydrogens (primary N) is 1. The van der Waals surface area contributed by atoms with Crippen LogP contribution in [0.4, 0.5) is 5.82 Å². The topological polar surface area (TPSA) is 101 Å². The number of rotatable bonds is 7. The molecule has 15 heavy (non-hydrogen) atoms. The molecule has 0 fully saturated rings. The molecule has 1 atom stereocenters. The van der Waals surface area contributed by atoms with Crippen molar-refractivity contribution in [1.82, 2.24) is 10.2 Å². The fraction of sp³-hybridized carbons (Fsp3) is 0.556. The highest BCUT2D eigenvalue weighted by molar-refractivity contribution is 5.39. The Morgan fingerprint density at radius 3 is 3.07 bits per heavy atom. The molecule has 6 nitrogen and oxygen atoms in total. The van der Waals surface area contributed by atoms with Crippen LogP contribution in [0.2, 0.25) is 0 Å². The minimum atomic E-state index is -0.255. The number of nitrogens with one attached hydrogen (secondary N) is 1. The monoisotopic (exact) mass is 213 g/mol. The van der Waals surface area contributed by atoms with Gasteiger partial charge in [0.2, 0.25) is 0 Å². The van der Waals surface area contributed by atoms with Gasteiger partial charge in [-0.2, -0.15) is 5.10 Å². The van der Waals surface area contributed by atoms with Gasteiger partial charge in [0.15, 0.2) is 0 Å². The molecular formula is C9H15N3O3. The average Bonchev–Trinajstić information content (AvgIpc) is 2.61. The Morgan fingerprint density at radius 2 is 2.53 bits per heavy atom. The van der Waals surface area contributed by atoms with Crippen molar-refractivity contribution in [1.29, 1.82) is 0 Å². The van der Waals surface area contributed by atoms with E-state index in [2.05, 4.69) is 10.2 Å². The van der Waals surface area contributed by atoms with Gasteiger partial charge in [0, 0.05) is 24.8 Å². The molecule has 0 spiro atoms. The van der Waals surface area contributed by atoms with Gasteiger partial charge < -0.3 is 15.6 Å². The SMILES string of the molecule is Nc1n[nH]cc1CC(CCCO)OC=O. The lowest BCUT2D eigenvalue weighted by molar-refractivity contribution is -0.133. The summed E-state index contributed by atoms with van der Waals surface area (Å²) < 4.78 is 4.88. The van der Waals surface area contributed by atoms with Crippen LogP contribution in [0.15, 0.2) is 6.20 Å². The molecule has 0 aliphatic rings. The first kappa shape index (κ1) is 11.5. The number of H-pyrrole nitrogens is 1. The van der Waals surface area contributed by atoms with Crippen LogP contribution in [0.25, 0.3) is 0 Å². The average molecular weight is 213 g/mol. The van der Waals surface area contributed by atoms with Crippen molar-refractivity contribution < 1.29 is 14.6 Å². The molecule has 1 aromatic rings. The maximum absolute atomic E-state index is 10.3. The second-order valence-corrected chi connectivity index (χ2v) is 3.22. The summed E-state index contributed by atoms with van der Waals surface area (Å²) in [5.41, 5.74) is 6.40.